The molecule has 20 heavy (non-hydrogen) atoms. The van der Waals surface area contributed by atoms with Crippen molar-refractivity contribution in [2.75, 3.05) is 13.7 Å². The third-order valence-electron chi connectivity index (χ3n) is 3.07. The number of hydrogen-bond acceptors (Lipinski definition) is 3. The predicted octanol–water partition coefficient (Wildman–Crippen LogP) is 2.67. The lowest BCUT2D eigenvalue weighted by Crippen LogP contribution is -2.31. The van der Waals surface area contributed by atoms with Crippen molar-refractivity contribution in [3.05, 3.63) is 29.8 Å². The molecule has 1 unspecified atom stereocenters. The summed E-state index contributed by atoms with van der Waals surface area (Å²) < 4.78 is 5.14. The van der Waals surface area contributed by atoms with Crippen molar-refractivity contribution in [1.82, 2.24) is 5.32 Å². The van der Waals surface area contributed by atoms with Crippen LogP contribution in [0, 0.1) is 5.92 Å². The van der Waals surface area contributed by atoms with Gasteiger partial charge in [-0.15, -0.1) is 12.4 Å². The minimum absolute atomic E-state index is 0. The van der Waals surface area contributed by atoms with Crippen LogP contribution >= 0.6 is 12.4 Å². The smallest absolute Gasteiger partial charge is 0.220 e. The Kier molecular flexibility index (Phi) is 9.01. The molecule has 1 rings (SSSR count). The molecule has 0 heterocycles. The van der Waals surface area contributed by atoms with E-state index in [0.29, 0.717) is 18.9 Å². The highest BCUT2D eigenvalue weighted by Crippen LogP contribution is 2.24. The number of halogens is 1. The zero-order chi connectivity index (χ0) is 14.3. The lowest BCUT2D eigenvalue weighted by atomic mass is 9.95. The number of carbonyl (C=O) groups is 1. The number of ether oxygens (including phenoxy) is 1. The Morgan fingerprint density at radius 1 is 1.30 bits per heavy atom. The summed E-state index contributed by atoms with van der Waals surface area (Å²) in [5, 5.41) is 3.07. The molecule has 0 saturated carbocycles. The summed E-state index contributed by atoms with van der Waals surface area (Å²) in [6, 6.07) is 7.84. The van der Waals surface area contributed by atoms with Gasteiger partial charge in [-0.2, -0.15) is 0 Å². The van der Waals surface area contributed by atoms with Crippen LogP contribution in [-0.4, -0.2) is 19.6 Å². The van der Waals surface area contributed by atoms with Crippen LogP contribution < -0.4 is 15.8 Å². The van der Waals surface area contributed by atoms with E-state index in [1.807, 2.05) is 24.3 Å². The summed E-state index contributed by atoms with van der Waals surface area (Å²) in [6.45, 7) is 4.73. The summed E-state index contributed by atoms with van der Waals surface area (Å²) in [5.41, 5.74) is 6.51. The SMILES string of the molecule is COc1ccc(C(NC(=O)CCCN)C(C)C)cc1.Cl. The van der Waals surface area contributed by atoms with Crippen LogP contribution in [0.2, 0.25) is 0 Å². The van der Waals surface area contributed by atoms with Gasteiger partial charge in [0.1, 0.15) is 5.75 Å². The van der Waals surface area contributed by atoms with Gasteiger partial charge in [-0.1, -0.05) is 26.0 Å². The van der Waals surface area contributed by atoms with Crippen LogP contribution in [0.4, 0.5) is 0 Å². The molecule has 4 nitrogen and oxygen atoms in total. The Bertz CT molecular complexity index is 393. The fourth-order valence-corrected chi connectivity index (χ4v) is 1.95. The quantitative estimate of drug-likeness (QED) is 0.813. The molecule has 1 atom stereocenters. The molecule has 0 aliphatic rings. The summed E-state index contributed by atoms with van der Waals surface area (Å²) >= 11 is 0. The third kappa shape index (κ3) is 5.80. The number of rotatable bonds is 7. The van der Waals surface area contributed by atoms with Gasteiger partial charge in [0, 0.05) is 6.42 Å². The Balaban J connectivity index is 0.00000361. The van der Waals surface area contributed by atoms with E-state index in [4.69, 9.17) is 10.5 Å². The lowest BCUT2D eigenvalue weighted by molar-refractivity contribution is -0.122. The van der Waals surface area contributed by atoms with Crippen molar-refractivity contribution < 1.29 is 9.53 Å². The van der Waals surface area contributed by atoms with E-state index in [0.717, 1.165) is 17.7 Å². The molecular formula is C15H25ClN2O2. The first-order valence-corrected chi connectivity index (χ1v) is 6.72. The predicted molar refractivity (Wildman–Crippen MR) is 84.3 cm³/mol. The van der Waals surface area contributed by atoms with Gasteiger partial charge in [0.15, 0.2) is 0 Å². The van der Waals surface area contributed by atoms with Gasteiger partial charge in [0.05, 0.1) is 13.2 Å². The van der Waals surface area contributed by atoms with Crippen molar-refractivity contribution in [3.8, 4) is 5.75 Å². The summed E-state index contributed by atoms with van der Waals surface area (Å²) in [4.78, 5) is 11.8. The zero-order valence-corrected chi connectivity index (χ0v) is 13.2. The summed E-state index contributed by atoms with van der Waals surface area (Å²) in [7, 11) is 1.64. The van der Waals surface area contributed by atoms with Crippen LogP contribution in [0.1, 0.15) is 38.3 Å². The third-order valence-corrected chi connectivity index (χ3v) is 3.07. The number of nitrogens with one attached hydrogen (secondary N) is 1. The second-order valence-electron chi connectivity index (χ2n) is 4.95. The maximum Gasteiger partial charge on any atom is 0.220 e. The maximum absolute atomic E-state index is 11.8. The van der Waals surface area contributed by atoms with Crippen LogP contribution in [0.25, 0.3) is 0 Å². The normalized spacial score (nSPS) is 11.7. The van der Waals surface area contributed by atoms with E-state index >= 15 is 0 Å². The molecule has 0 aliphatic heterocycles. The second kappa shape index (κ2) is 9.61. The van der Waals surface area contributed by atoms with Crippen molar-refractivity contribution in [3.63, 3.8) is 0 Å². The first kappa shape index (κ1) is 18.7. The molecule has 1 aromatic rings. The average Bonchev–Trinajstić information content (AvgIpc) is 2.42. The highest BCUT2D eigenvalue weighted by molar-refractivity contribution is 5.85. The van der Waals surface area contributed by atoms with Crippen LogP contribution in [0.15, 0.2) is 24.3 Å². The molecule has 0 spiro atoms. The largest absolute Gasteiger partial charge is 0.497 e. The van der Waals surface area contributed by atoms with Gasteiger partial charge in [-0.05, 0) is 36.6 Å². The van der Waals surface area contributed by atoms with E-state index in [1.165, 1.54) is 0 Å². The van der Waals surface area contributed by atoms with Gasteiger partial charge in [0.25, 0.3) is 0 Å². The Morgan fingerprint density at radius 3 is 2.35 bits per heavy atom. The summed E-state index contributed by atoms with van der Waals surface area (Å²) in [5.74, 6) is 1.20. The van der Waals surface area contributed by atoms with Crippen LogP contribution in [0.3, 0.4) is 0 Å². The standard InChI is InChI=1S/C15H24N2O2.ClH/c1-11(2)15(17-14(18)5-4-10-16)12-6-8-13(19-3)9-7-12;/h6-9,11,15H,4-5,10,16H2,1-3H3,(H,17,18);1H. The molecule has 0 radical (unpaired) electrons. The van der Waals surface area contributed by atoms with Crippen molar-refractivity contribution in [2.45, 2.75) is 32.7 Å². The van der Waals surface area contributed by atoms with Gasteiger partial charge in [-0.25, -0.2) is 0 Å². The van der Waals surface area contributed by atoms with Gasteiger partial charge < -0.3 is 15.8 Å². The van der Waals surface area contributed by atoms with E-state index in [1.54, 1.807) is 7.11 Å². The van der Waals surface area contributed by atoms with E-state index in [9.17, 15) is 4.79 Å². The highest BCUT2D eigenvalue weighted by Gasteiger charge is 2.17. The minimum atomic E-state index is 0. The number of benzene rings is 1. The van der Waals surface area contributed by atoms with Gasteiger partial charge in [-0.3, -0.25) is 4.79 Å². The number of amides is 1. The second-order valence-corrected chi connectivity index (χ2v) is 4.95. The fourth-order valence-electron chi connectivity index (χ4n) is 1.95. The molecule has 1 amide bonds. The number of methoxy groups -OCH3 is 1. The zero-order valence-electron chi connectivity index (χ0n) is 12.4. The molecule has 0 saturated heterocycles. The number of nitrogens with two attached hydrogens (primary N) is 1. The van der Waals surface area contributed by atoms with E-state index in [2.05, 4.69) is 19.2 Å². The molecule has 114 valence electrons. The Labute approximate surface area is 127 Å². The van der Waals surface area contributed by atoms with Gasteiger partial charge >= 0.3 is 0 Å². The molecule has 1 aromatic carbocycles. The Morgan fingerprint density at radius 2 is 1.90 bits per heavy atom. The van der Waals surface area contributed by atoms with Gasteiger partial charge in [0.2, 0.25) is 5.91 Å². The minimum Gasteiger partial charge on any atom is -0.497 e. The lowest BCUT2D eigenvalue weighted by Gasteiger charge is -2.23. The molecule has 5 heteroatoms. The molecule has 0 aromatic heterocycles. The van der Waals surface area contributed by atoms with E-state index in [-0.39, 0.29) is 24.4 Å². The summed E-state index contributed by atoms with van der Waals surface area (Å²) in [6.07, 6.45) is 1.20. The first-order chi connectivity index (χ1) is 9.08. The highest BCUT2D eigenvalue weighted by atomic mass is 35.5. The molecule has 0 bridgehead atoms. The van der Waals surface area contributed by atoms with Crippen molar-refractivity contribution >= 4 is 18.3 Å². The topological polar surface area (TPSA) is 64.3 Å². The van der Waals surface area contributed by atoms with Crippen molar-refractivity contribution in [1.29, 1.82) is 0 Å². The molecule has 0 fully saturated rings. The monoisotopic (exact) mass is 300 g/mol. The van der Waals surface area contributed by atoms with Crippen molar-refractivity contribution in [2.24, 2.45) is 11.7 Å². The fraction of sp³-hybridized carbons (Fsp3) is 0.533. The van der Waals surface area contributed by atoms with E-state index < -0.39 is 0 Å². The van der Waals surface area contributed by atoms with Crippen LogP contribution in [-0.2, 0) is 4.79 Å². The Hall–Kier alpha value is -1.26. The first-order valence-electron chi connectivity index (χ1n) is 6.72. The number of hydrogen-bond donors (Lipinski definition) is 2. The average molecular weight is 301 g/mol. The molecule has 3 N–H and O–H groups in total. The molecular weight excluding hydrogens is 276 g/mol. The molecule has 0 aliphatic carbocycles. The maximum atomic E-state index is 11.8. The number of carbonyl (C=O) groups excluding carboxylic acids is 1. The van der Waals surface area contributed by atoms with Crippen LogP contribution in [0.5, 0.6) is 5.75 Å².